The van der Waals surface area contributed by atoms with Crippen molar-refractivity contribution in [1.82, 2.24) is 0 Å². The molecule has 6 unspecified atom stereocenters. The largest absolute Gasteiger partial charge is 0.476 e. The van der Waals surface area contributed by atoms with E-state index in [1.54, 1.807) is 0 Å². The van der Waals surface area contributed by atoms with Crippen molar-refractivity contribution in [3.05, 3.63) is 49.9 Å². The Morgan fingerprint density at radius 1 is 0.860 bits per heavy atom. The number of nitrogens with zero attached hydrogens (tertiary/aromatic N) is 1. The highest BCUT2D eigenvalue weighted by Gasteiger charge is 2.43. The highest BCUT2D eigenvalue weighted by atomic mass is 16.7. The predicted molar refractivity (Wildman–Crippen MR) is 152 cm³/mol. The van der Waals surface area contributed by atoms with Crippen LogP contribution in [0.1, 0.15) is 0 Å². The quantitative estimate of drug-likeness (QED) is 0.0883. The smallest absolute Gasteiger partial charge is 0.189 e. The van der Waals surface area contributed by atoms with Crippen LogP contribution in [0, 0.1) is 0 Å². The average Bonchev–Trinajstić information content (AvgIpc) is 3.39. The maximum atomic E-state index is 10.6. The fraction of sp³-hybridized carbons (Fsp3) is 0.655. The molecule has 0 spiro atoms. The highest BCUT2D eigenvalue weighted by Crippen LogP contribution is 2.25. The maximum absolute atomic E-state index is 10.6. The molecule has 0 aliphatic carbocycles. The van der Waals surface area contributed by atoms with E-state index in [1.807, 2.05) is 24.3 Å². The Kier molecular flexibility index (Phi) is 16.6. The van der Waals surface area contributed by atoms with E-state index in [9.17, 15) is 15.3 Å². The number of anilines is 1. The average molecular weight is 616 g/mol. The lowest BCUT2D eigenvalue weighted by molar-refractivity contribution is -0.159. The van der Waals surface area contributed by atoms with Crippen LogP contribution in [0.15, 0.2) is 49.9 Å². The molecule has 0 amide bonds. The molecule has 2 saturated heterocycles. The normalized spacial score (nSPS) is 22.5. The Bertz CT molecular complexity index is 886. The Hall–Kier alpha value is -2.50. The first-order chi connectivity index (χ1) is 21.0. The van der Waals surface area contributed by atoms with Crippen LogP contribution in [-0.2, 0) is 42.6 Å². The summed E-state index contributed by atoms with van der Waals surface area (Å²) in [4.78, 5) is 2.24. The lowest BCUT2D eigenvalue weighted by atomic mass is 10.1. The van der Waals surface area contributed by atoms with Gasteiger partial charge < -0.3 is 67.6 Å². The summed E-state index contributed by atoms with van der Waals surface area (Å²) in [6.45, 7) is 9.38. The topological polar surface area (TPSA) is 156 Å². The first-order valence-electron chi connectivity index (χ1n) is 14.1. The molecule has 6 atom stereocenters. The van der Waals surface area contributed by atoms with E-state index < -0.39 is 36.6 Å². The summed E-state index contributed by atoms with van der Waals surface area (Å²) in [7, 11) is 0. The van der Waals surface area contributed by atoms with E-state index in [1.165, 1.54) is 12.5 Å². The molecule has 0 bridgehead atoms. The number of hydrogen-bond donors (Lipinski definition) is 3. The van der Waals surface area contributed by atoms with Gasteiger partial charge in [-0.3, -0.25) is 0 Å². The Balaban J connectivity index is 1.51. The molecular weight excluding hydrogens is 570 g/mol. The Morgan fingerprint density at radius 2 is 1.49 bits per heavy atom. The summed E-state index contributed by atoms with van der Waals surface area (Å²) in [5.41, 5.74) is 1.08. The molecule has 0 aromatic heterocycles. The second-order valence-electron chi connectivity index (χ2n) is 9.71. The number of hydrogen-bond acceptors (Lipinski definition) is 14. The van der Waals surface area contributed by atoms with Crippen molar-refractivity contribution in [3.8, 4) is 5.75 Å². The van der Waals surface area contributed by atoms with E-state index in [0.29, 0.717) is 19.0 Å². The zero-order valence-corrected chi connectivity index (χ0v) is 24.4. The van der Waals surface area contributed by atoms with Gasteiger partial charge in [0.2, 0.25) is 0 Å². The molecule has 2 aliphatic heterocycles. The molecule has 14 nitrogen and oxygen atoms in total. The van der Waals surface area contributed by atoms with E-state index in [0.717, 1.165) is 18.8 Å². The van der Waals surface area contributed by atoms with E-state index in [4.69, 9.17) is 47.4 Å². The van der Waals surface area contributed by atoms with Gasteiger partial charge in [0.15, 0.2) is 20.4 Å². The number of ether oxygens (including phenoxy) is 10. The molecule has 2 aliphatic rings. The Labute approximate surface area is 252 Å². The zero-order valence-electron chi connectivity index (χ0n) is 24.4. The van der Waals surface area contributed by atoms with E-state index in [-0.39, 0.29) is 60.0 Å². The minimum Gasteiger partial charge on any atom is -0.476 e. The molecule has 0 saturated carbocycles. The van der Waals surface area contributed by atoms with Crippen LogP contribution >= 0.6 is 0 Å². The minimum atomic E-state index is -0.978. The molecule has 3 rings (SSSR count). The van der Waals surface area contributed by atoms with Crippen molar-refractivity contribution in [1.29, 1.82) is 0 Å². The molecule has 1 aromatic carbocycles. The van der Waals surface area contributed by atoms with Crippen LogP contribution in [0.2, 0.25) is 0 Å². The third kappa shape index (κ3) is 12.9. The van der Waals surface area contributed by atoms with Gasteiger partial charge in [-0.05, 0) is 24.3 Å². The molecule has 14 heteroatoms. The van der Waals surface area contributed by atoms with Crippen molar-refractivity contribution in [3.63, 3.8) is 0 Å². The summed E-state index contributed by atoms with van der Waals surface area (Å²) in [6, 6.07) is 7.66. The van der Waals surface area contributed by atoms with Crippen LogP contribution in [0.4, 0.5) is 5.69 Å². The fourth-order valence-corrected chi connectivity index (χ4v) is 4.35. The molecular formula is C29H45NO13. The van der Waals surface area contributed by atoms with Crippen molar-refractivity contribution in [2.75, 3.05) is 91.2 Å². The number of aliphatic hydroxyl groups is 3. The van der Waals surface area contributed by atoms with Gasteiger partial charge in [-0.25, -0.2) is 0 Å². The van der Waals surface area contributed by atoms with Crippen LogP contribution < -0.4 is 9.64 Å². The monoisotopic (exact) mass is 615 g/mol. The Morgan fingerprint density at radius 3 is 2.14 bits per heavy atom. The van der Waals surface area contributed by atoms with E-state index in [2.05, 4.69) is 18.1 Å². The van der Waals surface area contributed by atoms with E-state index >= 15 is 0 Å². The number of morpholine rings is 1. The van der Waals surface area contributed by atoms with Crippen molar-refractivity contribution in [2.24, 2.45) is 0 Å². The second kappa shape index (κ2) is 20.5. The lowest BCUT2D eigenvalue weighted by Gasteiger charge is -2.29. The van der Waals surface area contributed by atoms with Gasteiger partial charge in [0.1, 0.15) is 42.4 Å². The van der Waals surface area contributed by atoms with Gasteiger partial charge in [0.05, 0.1) is 65.4 Å². The summed E-state index contributed by atoms with van der Waals surface area (Å²) in [5, 5.41) is 31.0. The number of rotatable bonds is 23. The second-order valence-corrected chi connectivity index (χ2v) is 9.71. The van der Waals surface area contributed by atoms with Gasteiger partial charge in [-0.2, -0.15) is 0 Å². The summed E-state index contributed by atoms with van der Waals surface area (Å²) in [6.07, 6.45) is -2.72. The van der Waals surface area contributed by atoms with Crippen LogP contribution in [0.3, 0.4) is 0 Å². The summed E-state index contributed by atoms with van der Waals surface area (Å²) >= 11 is 0. The molecule has 0 radical (unpaired) electrons. The third-order valence-corrected chi connectivity index (χ3v) is 6.48. The first kappa shape index (κ1) is 35.0. The van der Waals surface area contributed by atoms with Crippen molar-refractivity contribution in [2.45, 2.75) is 36.6 Å². The summed E-state index contributed by atoms with van der Waals surface area (Å²) in [5.74, 6) is 0.608. The van der Waals surface area contributed by atoms with Gasteiger partial charge in [-0.1, -0.05) is 13.2 Å². The van der Waals surface area contributed by atoms with Gasteiger partial charge in [0, 0.05) is 18.8 Å². The van der Waals surface area contributed by atoms with Crippen molar-refractivity contribution >= 4 is 5.69 Å². The maximum Gasteiger partial charge on any atom is 0.189 e. The number of aliphatic hydroxyl groups excluding tert-OH is 3. The van der Waals surface area contributed by atoms with Gasteiger partial charge in [0.25, 0.3) is 0 Å². The third-order valence-electron chi connectivity index (χ3n) is 6.48. The molecule has 43 heavy (non-hydrogen) atoms. The predicted octanol–water partition coefficient (Wildman–Crippen LogP) is 0.396. The molecule has 2 fully saturated rings. The zero-order chi connectivity index (χ0) is 30.7. The molecule has 2 heterocycles. The first-order valence-corrected chi connectivity index (χ1v) is 14.1. The van der Waals surface area contributed by atoms with Gasteiger partial charge >= 0.3 is 0 Å². The van der Waals surface area contributed by atoms with Crippen LogP contribution in [0.25, 0.3) is 0 Å². The molecule has 1 aromatic rings. The van der Waals surface area contributed by atoms with Gasteiger partial charge in [-0.15, -0.1) is 0 Å². The standard InChI is InChI=1S/C29H45NO13/c1-3-34-19-38-14-23(31)13-37-18-27(40-16-24(32)15-39-20-35-4-2)29-28(26(33)17-41-29)43-21-42-25-7-5-22(6-8-25)30-9-11-36-12-10-30/h3-8,23-24,26-29,31-33H,1-2,9-21H2. The fourth-order valence-electron chi connectivity index (χ4n) is 4.35. The van der Waals surface area contributed by atoms with Crippen molar-refractivity contribution < 1.29 is 62.7 Å². The molecule has 3 N–H and O–H groups in total. The highest BCUT2D eigenvalue weighted by molar-refractivity contribution is 5.49. The molecule has 244 valence electrons. The number of benzene rings is 1. The SMILES string of the molecule is C=COCOCC(O)COCC(OCC(O)COCOC=C)C1OCC(O)C1OCOc1ccc(N2CCOCC2)cc1. The minimum absolute atomic E-state index is 0.00770. The lowest BCUT2D eigenvalue weighted by Crippen LogP contribution is -2.46. The summed E-state index contributed by atoms with van der Waals surface area (Å²) < 4.78 is 54.6. The van der Waals surface area contributed by atoms with Crippen LogP contribution in [-0.4, -0.2) is 138 Å². The van der Waals surface area contributed by atoms with Crippen LogP contribution in [0.5, 0.6) is 5.75 Å².